The van der Waals surface area contributed by atoms with E-state index >= 15 is 0 Å². The van der Waals surface area contributed by atoms with E-state index in [1.807, 2.05) is 30.3 Å². The van der Waals surface area contributed by atoms with Crippen LogP contribution >= 0.6 is 0 Å². The molecule has 0 aliphatic rings. The Balaban J connectivity index is 2.49. The van der Waals surface area contributed by atoms with Crippen molar-refractivity contribution in [2.45, 2.75) is 25.8 Å². The van der Waals surface area contributed by atoms with E-state index in [1.165, 1.54) is 0 Å². The van der Waals surface area contributed by atoms with Gasteiger partial charge < -0.3 is 10.5 Å². The molecule has 1 atom stereocenters. The van der Waals surface area contributed by atoms with Crippen molar-refractivity contribution in [1.82, 2.24) is 0 Å². The molecular weight excluding hydrogens is 162 g/mol. The smallest absolute Gasteiger partial charge is 0.129 e. The summed E-state index contributed by atoms with van der Waals surface area (Å²) in [6, 6.07) is 9.85. The van der Waals surface area contributed by atoms with Gasteiger partial charge in [0.1, 0.15) is 5.78 Å². The van der Waals surface area contributed by atoms with E-state index in [4.69, 9.17) is 5.73 Å². The second-order valence-corrected chi connectivity index (χ2v) is 3.26. The van der Waals surface area contributed by atoms with Crippen LogP contribution in [0.5, 0.6) is 0 Å². The van der Waals surface area contributed by atoms with E-state index < -0.39 is 0 Å². The monoisotopic (exact) mass is 177 g/mol. The molecule has 0 unspecified atom stereocenters. The van der Waals surface area contributed by atoms with E-state index in [1.54, 1.807) is 6.92 Å². The number of nitrogens with two attached hydrogens (primary N) is 1. The SMILES string of the molecule is CC(=O)CC[C@H](N)c1ccccc1. The summed E-state index contributed by atoms with van der Waals surface area (Å²) in [6.07, 6.45) is 1.30. The Morgan fingerprint density at radius 3 is 2.54 bits per heavy atom. The molecule has 13 heavy (non-hydrogen) atoms. The molecule has 0 aliphatic carbocycles. The molecule has 0 radical (unpaired) electrons. The van der Waals surface area contributed by atoms with Crippen LogP contribution < -0.4 is 5.73 Å². The van der Waals surface area contributed by atoms with Gasteiger partial charge in [-0.25, -0.2) is 0 Å². The van der Waals surface area contributed by atoms with E-state index in [2.05, 4.69) is 0 Å². The maximum atomic E-state index is 10.7. The maximum absolute atomic E-state index is 10.7. The van der Waals surface area contributed by atoms with Gasteiger partial charge >= 0.3 is 0 Å². The van der Waals surface area contributed by atoms with Crippen molar-refractivity contribution in [3.8, 4) is 0 Å². The summed E-state index contributed by atoms with van der Waals surface area (Å²) in [5.74, 6) is 0.200. The minimum atomic E-state index is -0.00917. The number of carbonyl (C=O) groups excluding carboxylic acids is 1. The molecule has 1 rings (SSSR count). The molecule has 0 bridgehead atoms. The fourth-order valence-electron chi connectivity index (χ4n) is 1.23. The van der Waals surface area contributed by atoms with Crippen LogP contribution in [0, 0.1) is 0 Å². The van der Waals surface area contributed by atoms with Crippen LogP contribution in [0.3, 0.4) is 0 Å². The van der Waals surface area contributed by atoms with Crippen molar-refractivity contribution in [2.24, 2.45) is 5.73 Å². The minimum Gasteiger partial charge on any atom is -0.324 e. The Morgan fingerprint density at radius 1 is 1.38 bits per heavy atom. The van der Waals surface area contributed by atoms with Crippen molar-refractivity contribution < 1.29 is 4.79 Å². The normalized spacial score (nSPS) is 12.5. The summed E-state index contributed by atoms with van der Waals surface area (Å²) in [7, 11) is 0. The third kappa shape index (κ3) is 3.38. The quantitative estimate of drug-likeness (QED) is 0.765. The molecule has 2 N–H and O–H groups in total. The summed E-state index contributed by atoms with van der Waals surface area (Å²) in [5, 5.41) is 0. The number of Topliss-reactive ketones (excluding diaryl/α,β-unsaturated/α-hetero) is 1. The largest absolute Gasteiger partial charge is 0.324 e. The number of hydrogen-bond acceptors (Lipinski definition) is 2. The van der Waals surface area contributed by atoms with Gasteiger partial charge in [-0.05, 0) is 18.9 Å². The molecule has 2 heteroatoms. The van der Waals surface area contributed by atoms with Crippen molar-refractivity contribution in [1.29, 1.82) is 0 Å². The first kappa shape index (κ1) is 9.93. The first-order valence-corrected chi connectivity index (χ1v) is 4.50. The van der Waals surface area contributed by atoms with Gasteiger partial charge in [-0.1, -0.05) is 30.3 Å². The Kier molecular flexibility index (Phi) is 3.65. The lowest BCUT2D eigenvalue weighted by atomic mass is 10.0. The summed E-state index contributed by atoms with van der Waals surface area (Å²) in [4.78, 5) is 10.7. The molecule has 0 saturated heterocycles. The van der Waals surface area contributed by atoms with E-state index in [0.717, 1.165) is 12.0 Å². The third-order valence-electron chi connectivity index (χ3n) is 2.04. The molecule has 0 fully saturated rings. The van der Waals surface area contributed by atoms with Gasteiger partial charge in [-0.15, -0.1) is 0 Å². The van der Waals surface area contributed by atoms with Gasteiger partial charge in [-0.2, -0.15) is 0 Å². The molecule has 70 valence electrons. The van der Waals surface area contributed by atoms with Crippen LogP contribution in [0.25, 0.3) is 0 Å². The zero-order valence-corrected chi connectivity index (χ0v) is 7.86. The number of ketones is 1. The van der Waals surface area contributed by atoms with Crippen LogP contribution in [0.2, 0.25) is 0 Å². The Morgan fingerprint density at radius 2 is 2.00 bits per heavy atom. The average Bonchev–Trinajstić information content (AvgIpc) is 2.15. The lowest BCUT2D eigenvalue weighted by Gasteiger charge is -2.09. The van der Waals surface area contributed by atoms with Gasteiger partial charge in [0.25, 0.3) is 0 Å². The standard InChI is InChI=1S/C11H15NO/c1-9(13)7-8-11(12)10-5-3-2-4-6-10/h2-6,11H,7-8,12H2,1H3/t11-/m0/s1. The highest BCUT2D eigenvalue weighted by Gasteiger charge is 2.05. The van der Waals surface area contributed by atoms with Crippen molar-refractivity contribution in [3.63, 3.8) is 0 Å². The summed E-state index contributed by atoms with van der Waals surface area (Å²) in [5.41, 5.74) is 6.99. The first-order valence-electron chi connectivity index (χ1n) is 4.50. The molecule has 0 heterocycles. The number of hydrogen-bond donors (Lipinski definition) is 1. The molecule has 2 nitrogen and oxygen atoms in total. The number of benzene rings is 1. The van der Waals surface area contributed by atoms with Gasteiger partial charge in [0.2, 0.25) is 0 Å². The zero-order valence-electron chi connectivity index (χ0n) is 7.86. The maximum Gasteiger partial charge on any atom is 0.129 e. The fraction of sp³-hybridized carbons (Fsp3) is 0.364. The van der Waals surface area contributed by atoms with Crippen LogP contribution in [0.15, 0.2) is 30.3 Å². The number of rotatable bonds is 4. The van der Waals surface area contributed by atoms with Gasteiger partial charge in [0.05, 0.1) is 0 Å². The average molecular weight is 177 g/mol. The van der Waals surface area contributed by atoms with Crippen molar-refractivity contribution in [2.75, 3.05) is 0 Å². The summed E-state index contributed by atoms with van der Waals surface area (Å²) in [6.45, 7) is 1.59. The second-order valence-electron chi connectivity index (χ2n) is 3.26. The van der Waals surface area contributed by atoms with Crippen LogP contribution in [-0.2, 0) is 4.79 Å². The minimum absolute atomic E-state index is 0.00917. The van der Waals surface area contributed by atoms with Crippen LogP contribution in [-0.4, -0.2) is 5.78 Å². The fourth-order valence-corrected chi connectivity index (χ4v) is 1.23. The Labute approximate surface area is 78.8 Å². The lowest BCUT2D eigenvalue weighted by Crippen LogP contribution is -2.11. The van der Waals surface area contributed by atoms with Gasteiger partial charge in [0.15, 0.2) is 0 Å². The topological polar surface area (TPSA) is 43.1 Å². The molecular formula is C11H15NO. The highest BCUT2D eigenvalue weighted by molar-refractivity contribution is 5.75. The first-order chi connectivity index (χ1) is 6.20. The van der Waals surface area contributed by atoms with E-state index in [-0.39, 0.29) is 11.8 Å². The summed E-state index contributed by atoms with van der Waals surface area (Å²) >= 11 is 0. The Bertz CT molecular complexity index is 269. The van der Waals surface area contributed by atoms with Crippen LogP contribution in [0.4, 0.5) is 0 Å². The van der Waals surface area contributed by atoms with Gasteiger partial charge in [-0.3, -0.25) is 0 Å². The molecule has 0 amide bonds. The second kappa shape index (κ2) is 4.77. The summed E-state index contributed by atoms with van der Waals surface area (Å²) < 4.78 is 0. The van der Waals surface area contributed by atoms with E-state index in [0.29, 0.717) is 6.42 Å². The molecule has 0 saturated carbocycles. The van der Waals surface area contributed by atoms with E-state index in [9.17, 15) is 4.79 Å². The lowest BCUT2D eigenvalue weighted by molar-refractivity contribution is -0.117. The number of carbonyl (C=O) groups is 1. The predicted octanol–water partition coefficient (Wildman–Crippen LogP) is 2.06. The highest BCUT2D eigenvalue weighted by Crippen LogP contribution is 2.14. The molecule has 1 aromatic carbocycles. The zero-order chi connectivity index (χ0) is 9.68. The molecule has 0 aliphatic heterocycles. The third-order valence-corrected chi connectivity index (χ3v) is 2.04. The van der Waals surface area contributed by atoms with Gasteiger partial charge in [0, 0.05) is 12.5 Å². The molecule has 1 aromatic rings. The molecule has 0 aromatic heterocycles. The predicted molar refractivity (Wildman–Crippen MR) is 53.3 cm³/mol. The Hall–Kier alpha value is -1.15. The highest BCUT2D eigenvalue weighted by atomic mass is 16.1. The van der Waals surface area contributed by atoms with Crippen LogP contribution in [0.1, 0.15) is 31.4 Å². The molecule has 0 spiro atoms. The van der Waals surface area contributed by atoms with Crippen molar-refractivity contribution >= 4 is 5.78 Å². The van der Waals surface area contributed by atoms with Crippen molar-refractivity contribution in [3.05, 3.63) is 35.9 Å².